The van der Waals surface area contributed by atoms with Crippen LogP contribution in [0.15, 0.2) is 30.5 Å². The molecule has 0 atom stereocenters. The summed E-state index contributed by atoms with van der Waals surface area (Å²) < 4.78 is 14.5. The number of nitrogens with one attached hydrogen (secondary N) is 2. The summed E-state index contributed by atoms with van der Waals surface area (Å²) in [5, 5.41) is 11.1. The number of rotatable bonds is 4. The predicted molar refractivity (Wildman–Crippen MR) is 82.6 cm³/mol. The van der Waals surface area contributed by atoms with Crippen LogP contribution in [0.2, 0.25) is 5.02 Å². The van der Waals surface area contributed by atoms with E-state index in [0.29, 0.717) is 22.5 Å². The highest BCUT2D eigenvalue weighted by molar-refractivity contribution is 7.80. The molecule has 4 nitrogen and oxygen atoms in total. The van der Waals surface area contributed by atoms with Gasteiger partial charge in [-0.3, -0.25) is 4.68 Å². The van der Waals surface area contributed by atoms with Crippen LogP contribution in [0.3, 0.4) is 0 Å². The number of anilines is 1. The van der Waals surface area contributed by atoms with Crippen molar-refractivity contribution >= 4 is 34.7 Å². The lowest BCUT2D eigenvalue weighted by Crippen LogP contribution is -2.28. The van der Waals surface area contributed by atoms with Crippen molar-refractivity contribution in [2.75, 3.05) is 11.9 Å². The fraction of sp³-hybridized carbons (Fsp3) is 0.231. The summed E-state index contributed by atoms with van der Waals surface area (Å²) in [6.45, 7) is 3.18. The minimum atomic E-state index is -0.259. The highest BCUT2D eigenvalue weighted by Gasteiger charge is 2.08. The third kappa shape index (κ3) is 3.91. The maximum absolute atomic E-state index is 12.8. The fourth-order valence-corrected chi connectivity index (χ4v) is 2.09. The number of aromatic nitrogens is 2. The van der Waals surface area contributed by atoms with Gasteiger partial charge in [-0.2, -0.15) is 5.10 Å². The lowest BCUT2D eigenvalue weighted by atomic mass is 10.2. The van der Waals surface area contributed by atoms with E-state index in [-0.39, 0.29) is 5.82 Å². The van der Waals surface area contributed by atoms with E-state index in [2.05, 4.69) is 15.7 Å². The summed E-state index contributed by atoms with van der Waals surface area (Å²) >= 11 is 11.2. The Hall–Kier alpha value is -1.66. The van der Waals surface area contributed by atoms with Crippen molar-refractivity contribution < 1.29 is 4.39 Å². The molecule has 1 aromatic heterocycles. The third-order valence-corrected chi connectivity index (χ3v) is 3.07. The Morgan fingerprint density at radius 2 is 2.10 bits per heavy atom. The van der Waals surface area contributed by atoms with Gasteiger partial charge in [-0.1, -0.05) is 23.7 Å². The van der Waals surface area contributed by atoms with Gasteiger partial charge in [0, 0.05) is 12.7 Å². The van der Waals surface area contributed by atoms with Crippen molar-refractivity contribution in [2.24, 2.45) is 0 Å². The van der Waals surface area contributed by atoms with Crippen LogP contribution in [0.5, 0.6) is 0 Å². The number of nitrogens with zero attached hydrogens (tertiary/aromatic N) is 2. The summed E-state index contributed by atoms with van der Waals surface area (Å²) in [6, 6.07) is 6.25. The summed E-state index contributed by atoms with van der Waals surface area (Å²) in [6.07, 6.45) is 1.70. The molecule has 0 aliphatic rings. The molecule has 20 heavy (non-hydrogen) atoms. The zero-order valence-corrected chi connectivity index (χ0v) is 12.4. The first-order valence-electron chi connectivity index (χ1n) is 6.10. The summed E-state index contributed by atoms with van der Waals surface area (Å²) in [5.41, 5.74) is 0.936. The van der Waals surface area contributed by atoms with Gasteiger partial charge in [-0.25, -0.2) is 4.39 Å². The van der Waals surface area contributed by atoms with Crippen LogP contribution in [0, 0.1) is 5.82 Å². The minimum Gasteiger partial charge on any atom is -0.363 e. The van der Waals surface area contributed by atoms with E-state index < -0.39 is 0 Å². The van der Waals surface area contributed by atoms with Gasteiger partial charge < -0.3 is 10.6 Å². The van der Waals surface area contributed by atoms with Crippen LogP contribution < -0.4 is 10.6 Å². The molecule has 1 heterocycles. The Kier molecular flexibility index (Phi) is 4.92. The molecule has 2 rings (SSSR count). The van der Waals surface area contributed by atoms with Gasteiger partial charge in [0.15, 0.2) is 10.9 Å². The van der Waals surface area contributed by atoms with E-state index in [1.54, 1.807) is 23.0 Å². The molecule has 0 radical (unpaired) electrons. The molecule has 0 aliphatic heterocycles. The second kappa shape index (κ2) is 6.67. The first-order valence-corrected chi connectivity index (χ1v) is 6.89. The third-order valence-electron chi connectivity index (χ3n) is 2.54. The van der Waals surface area contributed by atoms with Crippen molar-refractivity contribution in [1.29, 1.82) is 0 Å². The molecule has 106 valence electrons. The van der Waals surface area contributed by atoms with E-state index in [9.17, 15) is 4.39 Å². The van der Waals surface area contributed by atoms with Gasteiger partial charge in [0.05, 0.1) is 6.54 Å². The molecule has 0 saturated carbocycles. The Bertz CT molecular complexity index is 597. The number of hydrogen-bond donors (Lipinski definition) is 2. The van der Waals surface area contributed by atoms with Gasteiger partial charge in [0.1, 0.15) is 10.8 Å². The normalized spacial score (nSPS) is 10.3. The molecule has 0 amide bonds. The molecule has 1 aromatic carbocycles. The average Bonchev–Trinajstić information content (AvgIpc) is 2.73. The highest BCUT2D eigenvalue weighted by atomic mass is 35.5. The van der Waals surface area contributed by atoms with E-state index in [1.807, 2.05) is 6.92 Å². The standard InChI is InChI=1S/C13H14ClFN4S/c1-2-16-13(20)17-12-11(14)8-19(18-12)7-9-3-5-10(15)6-4-9/h3-6,8H,2,7H2,1H3,(H2,16,17,18,20). The zero-order chi connectivity index (χ0) is 14.5. The highest BCUT2D eigenvalue weighted by Crippen LogP contribution is 2.20. The Balaban J connectivity index is 2.06. The van der Waals surface area contributed by atoms with Crippen LogP contribution in [0.25, 0.3) is 0 Å². The maximum Gasteiger partial charge on any atom is 0.173 e. The SMILES string of the molecule is CCNC(=S)Nc1nn(Cc2ccc(F)cc2)cc1Cl. The summed E-state index contributed by atoms with van der Waals surface area (Å²) in [7, 11) is 0. The number of hydrogen-bond acceptors (Lipinski definition) is 2. The van der Waals surface area contributed by atoms with Crippen LogP contribution in [-0.4, -0.2) is 21.4 Å². The molecule has 0 fully saturated rings. The minimum absolute atomic E-state index is 0.259. The lowest BCUT2D eigenvalue weighted by molar-refractivity contribution is 0.624. The Labute approximate surface area is 126 Å². The molecule has 7 heteroatoms. The van der Waals surface area contributed by atoms with Crippen LogP contribution in [0.4, 0.5) is 10.2 Å². The van der Waals surface area contributed by atoms with E-state index in [4.69, 9.17) is 23.8 Å². The topological polar surface area (TPSA) is 41.9 Å². The Morgan fingerprint density at radius 3 is 2.75 bits per heavy atom. The molecule has 0 aliphatic carbocycles. The van der Waals surface area contributed by atoms with E-state index >= 15 is 0 Å². The van der Waals surface area contributed by atoms with Crippen LogP contribution in [-0.2, 0) is 6.54 Å². The number of benzene rings is 1. The van der Waals surface area contributed by atoms with E-state index in [0.717, 1.165) is 12.1 Å². The van der Waals surface area contributed by atoms with Crippen LogP contribution >= 0.6 is 23.8 Å². The molecule has 2 N–H and O–H groups in total. The van der Waals surface area contributed by atoms with Crippen molar-refractivity contribution in [1.82, 2.24) is 15.1 Å². The molecular formula is C13H14ClFN4S. The fourth-order valence-electron chi connectivity index (χ4n) is 1.65. The predicted octanol–water partition coefficient (Wildman–Crippen LogP) is 3.03. The van der Waals surface area contributed by atoms with E-state index in [1.165, 1.54) is 12.1 Å². The first kappa shape index (κ1) is 14.7. The van der Waals surface area contributed by atoms with Gasteiger partial charge in [-0.15, -0.1) is 0 Å². The molecule has 0 spiro atoms. The summed E-state index contributed by atoms with van der Waals surface area (Å²) in [4.78, 5) is 0. The second-order valence-electron chi connectivity index (χ2n) is 4.13. The molecule has 0 saturated heterocycles. The van der Waals surface area contributed by atoms with Crippen molar-refractivity contribution in [3.05, 3.63) is 46.9 Å². The monoisotopic (exact) mass is 312 g/mol. The first-order chi connectivity index (χ1) is 9.58. The van der Waals surface area contributed by atoms with Gasteiger partial charge in [-0.05, 0) is 36.8 Å². The van der Waals surface area contributed by atoms with Gasteiger partial charge in [0.25, 0.3) is 0 Å². The number of halogens is 2. The average molecular weight is 313 g/mol. The van der Waals surface area contributed by atoms with Crippen molar-refractivity contribution in [2.45, 2.75) is 13.5 Å². The molecular weight excluding hydrogens is 299 g/mol. The Morgan fingerprint density at radius 1 is 1.40 bits per heavy atom. The maximum atomic E-state index is 12.8. The van der Waals surface area contributed by atoms with Gasteiger partial charge >= 0.3 is 0 Å². The largest absolute Gasteiger partial charge is 0.363 e. The van der Waals surface area contributed by atoms with Crippen molar-refractivity contribution in [3.63, 3.8) is 0 Å². The summed E-state index contributed by atoms with van der Waals surface area (Å²) in [5.74, 6) is 0.241. The lowest BCUT2D eigenvalue weighted by Gasteiger charge is -2.06. The molecule has 0 bridgehead atoms. The van der Waals surface area contributed by atoms with Crippen LogP contribution in [0.1, 0.15) is 12.5 Å². The second-order valence-corrected chi connectivity index (χ2v) is 4.95. The smallest absolute Gasteiger partial charge is 0.173 e. The molecule has 2 aromatic rings. The quantitative estimate of drug-likeness (QED) is 0.852. The molecule has 0 unspecified atom stereocenters. The van der Waals surface area contributed by atoms with Gasteiger partial charge in [0.2, 0.25) is 0 Å². The number of thiocarbonyl (C=S) groups is 1. The van der Waals surface area contributed by atoms with Crippen molar-refractivity contribution in [3.8, 4) is 0 Å². The zero-order valence-electron chi connectivity index (χ0n) is 10.9.